The summed E-state index contributed by atoms with van der Waals surface area (Å²) in [6.45, 7) is 6.70. The van der Waals surface area contributed by atoms with Gasteiger partial charge in [0.05, 0.1) is 12.7 Å². The van der Waals surface area contributed by atoms with E-state index >= 15 is 0 Å². The van der Waals surface area contributed by atoms with Crippen LogP contribution in [0.2, 0.25) is 0 Å². The molecular formula is C25H31NO6. The minimum atomic E-state index is -0.440. The third-order valence-corrected chi connectivity index (χ3v) is 6.64. The number of hydrogen-bond acceptors (Lipinski definition) is 6. The molecule has 0 aromatic heterocycles. The molecule has 2 aliphatic heterocycles. The molecule has 4 atom stereocenters. The standard InChI is InChI=1S/C25H31NO6/c1-16-20-10-9-18(7-5-12-25(2)22(32-25)21(20)31-23(16)27)15-30-24(28)26-13-11-17-6-4-8-19(14-17)29-3/h4,6-8,14,20-22H,1,5,9-13,15H2,2-3H3,(H,26,28)/b18-7+/t20-,21-,22-,25+/m0/s1. The highest BCUT2D eigenvalue weighted by Gasteiger charge is 2.61. The Morgan fingerprint density at radius 3 is 3.03 bits per heavy atom. The van der Waals surface area contributed by atoms with Crippen LogP contribution in [0.15, 0.2) is 48.1 Å². The van der Waals surface area contributed by atoms with Crippen molar-refractivity contribution in [2.24, 2.45) is 5.92 Å². The van der Waals surface area contributed by atoms with Gasteiger partial charge in [0, 0.05) is 18.0 Å². The molecule has 1 aliphatic carbocycles. The predicted molar refractivity (Wildman–Crippen MR) is 118 cm³/mol. The molecule has 0 radical (unpaired) electrons. The molecule has 7 heteroatoms. The van der Waals surface area contributed by atoms with Gasteiger partial charge in [-0.2, -0.15) is 0 Å². The number of ether oxygens (including phenoxy) is 4. The number of hydrogen-bond donors (Lipinski definition) is 1. The van der Waals surface area contributed by atoms with E-state index < -0.39 is 6.09 Å². The zero-order chi connectivity index (χ0) is 22.7. The second kappa shape index (κ2) is 9.36. The zero-order valence-electron chi connectivity index (χ0n) is 18.7. The molecule has 0 unspecified atom stereocenters. The largest absolute Gasteiger partial charge is 0.497 e. The number of amides is 1. The quantitative estimate of drug-likeness (QED) is 0.313. The molecule has 0 bridgehead atoms. The smallest absolute Gasteiger partial charge is 0.407 e. The van der Waals surface area contributed by atoms with E-state index in [1.807, 2.05) is 24.3 Å². The third kappa shape index (κ3) is 4.99. The molecule has 0 saturated carbocycles. The second-order valence-corrected chi connectivity index (χ2v) is 8.90. The lowest BCUT2D eigenvalue weighted by Crippen LogP contribution is -2.29. The molecule has 2 heterocycles. The number of carbonyl (C=O) groups excluding carboxylic acids is 2. The van der Waals surface area contributed by atoms with E-state index in [1.165, 1.54) is 0 Å². The van der Waals surface area contributed by atoms with Gasteiger partial charge < -0.3 is 24.3 Å². The average molecular weight is 442 g/mol. The molecular weight excluding hydrogens is 410 g/mol. The van der Waals surface area contributed by atoms with E-state index in [0.717, 1.165) is 42.6 Å². The number of alkyl carbamates (subject to hydrolysis) is 1. The number of fused-ring (bicyclic) bond motifs is 3. The highest BCUT2D eigenvalue weighted by Crippen LogP contribution is 2.49. The first-order valence-corrected chi connectivity index (χ1v) is 11.2. The third-order valence-electron chi connectivity index (χ3n) is 6.64. The maximum absolute atomic E-state index is 12.2. The minimum Gasteiger partial charge on any atom is -0.497 e. The van der Waals surface area contributed by atoms with Crippen molar-refractivity contribution in [3.05, 3.63) is 53.6 Å². The van der Waals surface area contributed by atoms with Crippen LogP contribution in [0.25, 0.3) is 0 Å². The molecule has 1 amide bonds. The number of carbonyl (C=O) groups is 2. The summed E-state index contributed by atoms with van der Waals surface area (Å²) >= 11 is 0. The Morgan fingerprint density at radius 1 is 1.38 bits per heavy atom. The van der Waals surface area contributed by atoms with Gasteiger partial charge in [-0.3, -0.25) is 0 Å². The summed E-state index contributed by atoms with van der Waals surface area (Å²) in [5.41, 5.74) is 2.37. The van der Waals surface area contributed by atoms with Crippen molar-refractivity contribution in [3.8, 4) is 5.75 Å². The highest BCUT2D eigenvalue weighted by atomic mass is 16.6. The van der Waals surface area contributed by atoms with E-state index in [-0.39, 0.29) is 36.3 Å². The Kier molecular flexibility index (Phi) is 6.55. The van der Waals surface area contributed by atoms with Crippen molar-refractivity contribution in [2.45, 2.75) is 56.8 Å². The SMILES string of the molecule is C=C1C(=O)O[C@H]2[C@H]1CC/C(COC(=O)NCCc1cccc(OC)c1)=C\CC[C@@]1(C)O[C@@H]21. The van der Waals surface area contributed by atoms with Crippen LogP contribution in [0, 0.1) is 5.92 Å². The molecule has 1 aromatic rings. The molecule has 0 spiro atoms. The fraction of sp³-hybridized carbons (Fsp3) is 0.520. The fourth-order valence-electron chi connectivity index (χ4n) is 4.60. The highest BCUT2D eigenvalue weighted by molar-refractivity contribution is 5.91. The van der Waals surface area contributed by atoms with Crippen LogP contribution in [0.4, 0.5) is 4.79 Å². The summed E-state index contributed by atoms with van der Waals surface area (Å²) in [4.78, 5) is 24.2. The Bertz CT molecular complexity index is 925. The molecule has 2 fully saturated rings. The van der Waals surface area contributed by atoms with Crippen LogP contribution in [0.5, 0.6) is 5.75 Å². The molecule has 1 N–H and O–H groups in total. The van der Waals surface area contributed by atoms with Crippen molar-refractivity contribution >= 4 is 12.1 Å². The van der Waals surface area contributed by atoms with E-state index in [2.05, 4.69) is 24.9 Å². The average Bonchev–Trinajstić information content (AvgIpc) is 3.37. The van der Waals surface area contributed by atoms with Gasteiger partial charge in [0.25, 0.3) is 0 Å². The monoisotopic (exact) mass is 441 g/mol. The summed E-state index contributed by atoms with van der Waals surface area (Å²) in [6.07, 6.45) is 5.16. The van der Waals surface area contributed by atoms with E-state index in [1.54, 1.807) is 7.11 Å². The van der Waals surface area contributed by atoms with Crippen molar-refractivity contribution in [3.63, 3.8) is 0 Å². The summed E-state index contributed by atoms with van der Waals surface area (Å²) in [5, 5.41) is 2.80. The summed E-state index contributed by atoms with van der Waals surface area (Å²) in [6, 6.07) is 7.76. The number of epoxide rings is 1. The maximum Gasteiger partial charge on any atom is 0.407 e. The number of rotatable bonds is 6. The van der Waals surface area contributed by atoms with Crippen molar-refractivity contribution < 1.29 is 28.5 Å². The van der Waals surface area contributed by atoms with Crippen LogP contribution in [0.1, 0.15) is 38.2 Å². The first kappa shape index (κ1) is 22.4. The molecule has 4 rings (SSSR count). The van der Waals surface area contributed by atoms with Gasteiger partial charge in [0.1, 0.15) is 24.6 Å². The van der Waals surface area contributed by atoms with E-state index in [0.29, 0.717) is 18.5 Å². The maximum atomic E-state index is 12.2. The van der Waals surface area contributed by atoms with Gasteiger partial charge >= 0.3 is 12.1 Å². The minimum absolute atomic E-state index is 0.0581. The number of allylic oxidation sites excluding steroid dienone is 1. The van der Waals surface area contributed by atoms with Gasteiger partial charge in [-0.1, -0.05) is 24.8 Å². The second-order valence-electron chi connectivity index (χ2n) is 8.90. The van der Waals surface area contributed by atoms with E-state index in [4.69, 9.17) is 18.9 Å². The summed E-state index contributed by atoms with van der Waals surface area (Å²) in [7, 11) is 1.63. The van der Waals surface area contributed by atoms with Crippen LogP contribution >= 0.6 is 0 Å². The van der Waals surface area contributed by atoms with Gasteiger partial charge in [-0.05, 0) is 62.3 Å². The topological polar surface area (TPSA) is 86.4 Å². The molecule has 32 heavy (non-hydrogen) atoms. The predicted octanol–water partition coefficient (Wildman–Crippen LogP) is 3.72. The van der Waals surface area contributed by atoms with E-state index in [9.17, 15) is 9.59 Å². The van der Waals surface area contributed by atoms with Gasteiger partial charge in [-0.15, -0.1) is 0 Å². The number of nitrogens with one attached hydrogen (secondary N) is 1. The van der Waals surface area contributed by atoms with Gasteiger partial charge in [-0.25, -0.2) is 9.59 Å². The lowest BCUT2D eigenvalue weighted by Gasteiger charge is -2.20. The van der Waals surface area contributed by atoms with Crippen molar-refractivity contribution in [2.75, 3.05) is 20.3 Å². The molecule has 172 valence electrons. The molecule has 1 aromatic carbocycles. The lowest BCUT2D eigenvalue weighted by atomic mass is 9.84. The first-order chi connectivity index (χ1) is 15.4. The summed E-state index contributed by atoms with van der Waals surface area (Å²) < 4.78 is 22.2. The van der Waals surface area contributed by atoms with Crippen molar-refractivity contribution in [1.82, 2.24) is 5.32 Å². The van der Waals surface area contributed by atoms with Crippen LogP contribution in [-0.2, 0) is 25.4 Å². The Balaban J connectivity index is 1.27. The molecule has 3 aliphatic rings. The summed E-state index contributed by atoms with van der Waals surface area (Å²) in [5.74, 6) is 0.408. The Morgan fingerprint density at radius 2 is 2.22 bits per heavy atom. The molecule has 7 nitrogen and oxygen atoms in total. The van der Waals surface area contributed by atoms with Crippen LogP contribution in [-0.4, -0.2) is 50.1 Å². The molecule has 2 saturated heterocycles. The Hall–Kier alpha value is -2.80. The number of methoxy groups -OCH3 is 1. The Labute approximate surface area is 188 Å². The first-order valence-electron chi connectivity index (χ1n) is 11.2. The van der Waals surface area contributed by atoms with Gasteiger partial charge in [0.15, 0.2) is 0 Å². The number of benzene rings is 1. The number of esters is 1. The fourth-order valence-corrected chi connectivity index (χ4v) is 4.60. The zero-order valence-corrected chi connectivity index (χ0v) is 18.7. The van der Waals surface area contributed by atoms with Crippen molar-refractivity contribution in [1.29, 1.82) is 0 Å². The lowest BCUT2D eigenvalue weighted by molar-refractivity contribution is -0.140. The van der Waals surface area contributed by atoms with Crippen LogP contribution in [0.3, 0.4) is 0 Å². The van der Waals surface area contributed by atoms with Crippen LogP contribution < -0.4 is 10.1 Å². The normalized spacial score (nSPS) is 30.8. The van der Waals surface area contributed by atoms with Gasteiger partial charge in [0.2, 0.25) is 0 Å².